The molecule has 0 aliphatic carbocycles. The molecule has 2 fully saturated rings. The van der Waals surface area contributed by atoms with Crippen molar-refractivity contribution in [1.29, 1.82) is 0 Å². The Morgan fingerprint density at radius 3 is 2.71 bits per heavy atom. The van der Waals surface area contributed by atoms with E-state index in [2.05, 4.69) is 34.3 Å². The Kier molecular flexibility index (Phi) is 11.7. The molecule has 2 heterocycles. The van der Waals surface area contributed by atoms with Crippen LogP contribution < -0.4 is 5.32 Å². The van der Waals surface area contributed by atoms with E-state index in [1.54, 1.807) is 0 Å². The highest BCUT2D eigenvalue weighted by molar-refractivity contribution is 14.0. The van der Waals surface area contributed by atoms with Crippen LogP contribution >= 0.6 is 24.0 Å². The Morgan fingerprint density at radius 2 is 2.08 bits per heavy atom. The molecule has 2 aliphatic rings. The lowest BCUT2D eigenvalue weighted by Crippen LogP contribution is -2.47. The van der Waals surface area contributed by atoms with Crippen LogP contribution in [-0.4, -0.2) is 63.0 Å². The van der Waals surface area contributed by atoms with Gasteiger partial charge in [-0.1, -0.05) is 12.2 Å². The van der Waals surface area contributed by atoms with Crippen LogP contribution in [0.25, 0.3) is 0 Å². The summed E-state index contributed by atoms with van der Waals surface area (Å²) in [6, 6.07) is 0. The maximum atomic E-state index is 6.08. The van der Waals surface area contributed by atoms with Crippen molar-refractivity contribution in [1.82, 2.24) is 10.2 Å². The minimum atomic E-state index is 0. The molecule has 0 aromatic carbocycles. The number of rotatable bonds is 6. The zero-order valence-electron chi connectivity index (χ0n) is 15.2. The summed E-state index contributed by atoms with van der Waals surface area (Å²) in [6.45, 7) is 6.69. The van der Waals surface area contributed by atoms with Gasteiger partial charge in [-0.15, -0.1) is 24.0 Å². The predicted molar refractivity (Wildman–Crippen MR) is 110 cm³/mol. The van der Waals surface area contributed by atoms with Gasteiger partial charge in [0.15, 0.2) is 5.96 Å². The number of likely N-dealkylation sites (tertiary alicyclic amines) is 1. The fraction of sp³-hybridized carbons (Fsp3) is 0.833. The molecule has 1 atom stereocenters. The molecule has 6 heteroatoms. The quantitative estimate of drug-likeness (QED) is 0.222. The van der Waals surface area contributed by atoms with Gasteiger partial charge in [-0.05, 0) is 45.4 Å². The highest BCUT2D eigenvalue weighted by Crippen LogP contribution is 2.17. The maximum absolute atomic E-state index is 6.08. The van der Waals surface area contributed by atoms with E-state index in [9.17, 15) is 0 Å². The highest BCUT2D eigenvalue weighted by atomic mass is 127. The van der Waals surface area contributed by atoms with Crippen molar-refractivity contribution in [2.75, 3.05) is 39.9 Å². The van der Waals surface area contributed by atoms with E-state index in [-0.39, 0.29) is 24.0 Å². The van der Waals surface area contributed by atoms with Crippen LogP contribution in [0.1, 0.15) is 45.4 Å². The minimum absolute atomic E-state index is 0. The summed E-state index contributed by atoms with van der Waals surface area (Å²) in [6.07, 6.45) is 11.8. The molecule has 0 aromatic rings. The second-order valence-corrected chi connectivity index (χ2v) is 6.34. The summed E-state index contributed by atoms with van der Waals surface area (Å²) in [5, 5.41) is 3.44. The molecule has 2 saturated heterocycles. The van der Waals surface area contributed by atoms with Crippen molar-refractivity contribution in [2.45, 2.75) is 57.7 Å². The number of allylic oxidation sites excluding steroid dienone is 1. The van der Waals surface area contributed by atoms with Gasteiger partial charge in [0.2, 0.25) is 0 Å². The third-order valence-corrected chi connectivity index (χ3v) is 4.57. The van der Waals surface area contributed by atoms with Gasteiger partial charge < -0.3 is 19.7 Å². The largest absolute Gasteiger partial charge is 0.376 e. The van der Waals surface area contributed by atoms with Crippen molar-refractivity contribution in [3.05, 3.63) is 12.2 Å². The van der Waals surface area contributed by atoms with Crippen LogP contribution in [0.2, 0.25) is 0 Å². The van der Waals surface area contributed by atoms with Gasteiger partial charge in [0, 0.05) is 33.3 Å². The molecule has 0 radical (unpaired) electrons. The molecule has 140 valence electrons. The van der Waals surface area contributed by atoms with Gasteiger partial charge in [-0.3, -0.25) is 4.99 Å². The van der Waals surface area contributed by atoms with Crippen LogP contribution in [0, 0.1) is 0 Å². The summed E-state index contributed by atoms with van der Waals surface area (Å²) in [5.41, 5.74) is 0. The predicted octanol–water partition coefficient (Wildman–Crippen LogP) is 3.20. The van der Waals surface area contributed by atoms with E-state index in [1.165, 1.54) is 12.8 Å². The van der Waals surface area contributed by atoms with E-state index in [1.807, 2.05) is 7.05 Å². The Labute approximate surface area is 164 Å². The number of aliphatic imine (C=N–C) groups is 1. The van der Waals surface area contributed by atoms with Crippen LogP contribution in [0.3, 0.4) is 0 Å². The van der Waals surface area contributed by atoms with Crippen LogP contribution in [0.5, 0.6) is 0 Å². The van der Waals surface area contributed by atoms with Crippen LogP contribution in [0.4, 0.5) is 0 Å². The van der Waals surface area contributed by atoms with E-state index in [0.717, 1.165) is 64.5 Å². The molecule has 2 rings (SSSR count). The number of nitrogens with one attached hydrogen (secondary N) is 1. The smallest absolute Gasteiger partial charge is 0.193 e. The maximum Gasteiger partial charge on any atom is 0.193 e. The number of ether oxygens (including phenoxy) is 2. The first-order valence-corrected chi connectivity index (χ1v) is 9.13. The van der Waals surface area contributed by atoms with Gasteiger partial charge in [0.1, 0.15) is 0 Å². The molecule has 24 heavy (non-hydrogen) atoms. The van der Waals surface area contributed by atoms with Crippen molar-refractivity contribution in [3.8, 4) is 0 Å². The van der Waals surface area contributed by atoms with Gasteiger partial charge in [-0.25, -0.2) is 0 Å². The summed E-state index contributed by atoms with van der Waals surface area (Å²) < 4.78 is 11.8. The minimum Gasteiger partial charge on any atom is -0.376 e. The van der Waals surface area contributed by atoms with Crippen molar-refractivity contribution >= 4 is 29.9 Å². The molecule has 0 saturated carbocycles. The highest BCUT2D eigenvalue weighted by Gasteiger charge is 2.23. The van der Waals surface area contributed by atoms with Gasteiger partial charge in [0.25, 0.3) is 0 Å². The number of guanidine groups is 1. The average Bonchev–Trinajstić information content (AvgIpc) is 2.62. The summed E-state index contributed by atoms with van der Waals surface area (Å²) in [7, 11) is 1.86. The number of piperidine rings is 1. The zero-order chi connectivity index (χ0) is 16.3. The van der Waals surface area contributed by atoms with Crippen LogP contribution in [0.15, 0.2) is 17.1 Å². The first-order chi connectivity index (χ1) is 11.3. The topological polar surface area (TPSA) is 46.1 Å². The normalized spacial score (nSPS) is 23.3. The molecular weight excluding hydrogens is 417 g/mol. The Morgan fingerprint density at radius 1 is 1.29 bits per heavy atom. The SMILES string of the molecule is C/C=C/CCNC(=NC)N1CCC(OCC2CCCCO2)CC1.I. The summed E-state index contributed by atoms with van der Waals surface area (Å²) in [5.74, 6) is 1.02. The molecule has 0 spiro atoms. The lowest BCUT2D eigenvalue weighted by Gasteiger charge is -2.35. The van der Waals surface area contributed by atoms with Gasteiger partial charge in [0.05, 0.1) is 18.8 Å². The molecule has 0 bridgehead atoms. The van der Waals surface area contributed by atoms with Gasteiger partial charge in [-0.2, -0.15) is 0 Å². The van der Waals surface area contributed by atoms with E-state index in [0.29, 0.717) is 12.2 Å². The first kappa shape index (κ1) is 21.7. The summed E-state index contributed by atoms with van der Waals surface area (Å²) in [4.78, 5) is 6.74. The summed E-state index contributed by atoms with van der Waals surface area (Å²) >= 11 is 0. The third kappa shape index (κ3) is 7.70. The van der Waals surface area contributed by atoms with Crippen LogP contribution in [-0.2, 0) is 9.47 Å². The number of hydrogen-bond donors (Lipinski definition) is 1. The van der Waals surface area contributed by atoms with E-state index < -0.39 is 0 Å². The molecule has 5 nitrogen and oxygen atoms in total. The second-order valence-electron chi connectivity index (χ2n) is 6.34. The second kappa shape index (κ2) is 12.9. The van der Waals surface area contributed by atoms with Crippen molar-refractivity contribution in [3.63, 3.8) is 0 Å². The molecule has 0 amide bonds. The molecule has 2 aliphatic heterocycles. The lowest BCUT2D eigenvalue weighted by atomic mass is 10.1. The fourth-order valence-electron chi connectivity index (χ4n) is 3.18. The number of halogens is 1. The molecular formula is C18H34IN3O2. The standard InChI is InChI=1S/C18H33N3O2.HI/c1-3-4-6-11-20-18(19-2)21-12-9-16(10-13-21)23-15-17-8-5-7-14-22-17;/h3-4,16-17H,5-15H2,1-2H3,(H,19,20);1H/b4-3+;. The monoisotopic (exact) mass is 451 g/mol. The first-order valence-electron chi connectivity index (χ1n) is 9.13. The van der Waals surface area contributed by atoms with E-state index >= 15 is 0 Å². The Bertz CT molecular complexity index is 376. The Hall–Kier alpha value is -0.340. The van der Waals surface area contributed by atoms with Crippen molar-refractivity contribution < 1.29 is 9.47 Å². The molecule has 1 N–H and O–H groups in total. The van der Waals surface area contributed by atoms with Crippen molar-refractivity contribution in [2.24, 2.45) is 4.99 Å². The average molecular weight is 451 g/mol. The fourth-order valence-corrected chi connectivity index (χ4v) is 3.18. The third-order valence-electron chi connectivity index (χ3n) is 4.57. The lowest BCUT2D eigenvalue weighted by molar-refractivity contribution is -0.0721. The molecule has 0 aromatic heterocycles. The molecule has 1 unspecified atom stereocenters. The zero-order valence-corrected chi connectivity index (χ0v) is 17.5. The number of nitrogens with zero attached hydrogens (tertiary/aromatic N) is 2. The van der Waals surface area contributed by atoms with Gasteiger partial charge >= 0.3 is 0 Å². The Balaban J connectivity index is 0.00000288. The number of hydrogen-bond acceptors (Lipinski definition) is 3. The van der Waals surface area contributed by atoms with E-state index in [4.69, 9.17) is 9.47 Å².